The molecule has 2 N–H and O–H groups in total. The standard InChI is InChI=1S/C49H92NO56P/c1-4-6-8-10-12-14-16-18-20-22-24-26-28-30-32-34-47(52)59-43-46(64-48(53)35-33-31-29-27-25-23-21-19-17-15-13-11-9-7-5-2)44-63-107(55,56)62-37-36-50-49(54)58-39-41-61-66-68-70-72-74-76-78-80-82-84-86-88-90-92-94-96-98-100-102-104-106-105-103-101-99-97-95-93-91-89-87-85-83-81-79-77-75-73-71-69-67-65-60-40-38-57-42-45(3)51/h38,40,46H,4-37,39,41-44H2,1-3H3,(H,50,54)(H,55,56)/b40-38-/t46-/m1/s1. The van der Waals surface area contributed by atoms with Crippen molar-refractivity contribution in [3.05, 3.63) is 12.5 Å². The predicted molar refractivity (Wildman–Crippen MR) is 299 cm³/mol. The first-order valence-corrected chi connectivity index (χ1v) is 34.0. The Hall–Kier alpha value is -4.39. The third-order valence-corrected chi connectivity index (χ3v) is 12.9. The molecule has 0 radical (unpaired) electrons. The first-order chi connectivity index (χ1) is 52.6. The summed E-state index contributed by atoms with van der Waals surface area (Å²) in [6.45, 7) is 2.77. The number of phosphoric acid groups is 1. The van der Waals surface area contributed by atoms with E-state index in [4.69, 9.17) is 23.3 Å². The van der Waals surface area contributed by atoms with Crippen LogP contribution in [0.1, 0.15) is 226 Å². The number of alkyl carbamates (subject to hydrolysis) is 1. The average molecular weight is 1620 g/mol. The lowest BCUT2D eigenvalue weighted by molar-refractivity contribution is -0.909. The molecular weight excluding hydrogens is 1530 g/mol. The predicted octanol–water partition coefficient (Wildman–Crippen LogP) is 9.98. The van der Waals surface area contributed by atoms with E-state index in [1.54, 1.807) is 0 Å². The van der Waals surface area contributed by atoms with Crippen LogP contribution < -0.4 is 5.32 Å². The van der Waals surface area contributed by atoms with Crippen LogP contribution in [0.5, 0.6) is 0 Å². The minimum atomic E-state index is -4.77. The van der Waals surface area contributed by atoms with Gasteiger partial charge in [0.1, 0.15) is 32.7 Å². The molecule has 0 rings (SSSR count). The molecule has 2 atom stereocenters. The molecule has 107 heavy (non-hydrogen) atoms. The molecule has 0 fully saturated rings. The zero-order chi connectivity index (χ0) is 77.4. The van der Waals surface area contributed by atoms with Crippen LogP contribution in [0.15, 0.2) is 12.5 Å². The highest BCUT2D eigenvalue weighted by molar-refractivity contribution is 7.47. The van der Waals surface area contributed by atoms with Crippen LogP contribution in [0.3, 0.4) is 0 Å². The number of carbonyl (C=O) groups excluding carboxylic acids is 4. The quantitative estimate of drug-likeness (QED) is 0.0109. The van der Waals surface area contributed by atoms with Crippen molar-refractivity contribution in [2.75, 3.05) is 46.2 Å². The molecule has 0 aliphatic rings. The summed E-state index contributed by atoms with van der Waals surface area (Å²) in [6, 6.07) is 0. The third-order valence-electron chi connectivity index (χ3n) is 11.9. The van der Waals surface area contributed by atoms with Crippen LogP contribution in [0, 0.1) is 0 Å². The molecule has 0 bridgehead atoms. The summed E-state index contributed by atoms with van der Waals surface area (Å²) in [6.07, 6.45) is 35.0. The number of ketones is 1. The molecule has 57 nitrogen and oxygen atoms in total. The molecule has 58 heteroatoms. The molecule has 0 heterocycles. The third kappa shape index (κ3) is 88.7. The lowest BCUT2D eigenvalue weighted by atomic mass is 10.0. The number of Topliss-reactive ketones (excluding diaryl/α,β-unsaturated/α-hetero) is 1. The van der Waals surface area contributed by atoms with E-state index in [9.17, 15) is 28.6 Å². The topological polar surface area (TPSA) is 579 Å². The van der Waals surface area contributed by atoms with Crippen molar-refractivity contribution in [2.24, 2.45) is 0 Å². The number of hydrogen-bond donors (Lipinski definition) is 2. The van der Waals surface area contributed by atoms with Gasteiger partial charge in [0, 0.05) is 191 Å². The van der Waals surface area contributed by atoms with Crippen LogP contribution in [0.25, 0.3) is 0 Å². The molecule has 1 amide bonds. The van der Waals surface area contributed by atoms with Gasteiger partial charge in [-0.2, -0.15) is 0 Å². The summed E-state index contributed by atoms with van der Waals surface area (Å²) in [5, 5.41) is 154. The molecule has 0 aliphatic heterocycles. The zero-order valence-corrected chi connectivity index (χ0v) is 59.1. The van der Waals surface area contributed by atoms with E-state index in [0.29, 0.717) is 12.8 Å². The summed E-state index contributed by atoms with van der Waals surface area (Å²) >= 11 is 0. The Bertz CT molecular complexity index is 1950. The van der Waals surface area contributed by atoms with Crippen molar-refractivity contribution < 1.29 is 278 Å². The van der Waals surface area contributed by atoms with E-state index in [-0.39, 0.29) is 31.8 Å². The molecule has 0 spiro atoms. The molecule has 0 saturated heterocycles. The number of nitrogens with one attached hydrogen (secondary N) is 1. The van der Waals surface area contributed by atoms with Crippen molar-refractivity contribution in [3.63, 3.8) is 0 Å². The number of unbranched alkanes of at least 4 members (excludes halogenated alkanes) is 28. The Labute approximate surface area is 605 Å². The molecule has 0 aromatic heterocycles. The molecular formula is C49H92NO56P. The second-order valence-corrected chi connectivity index (χ2v) is 21.4. The van der Waals surface area contributed by atoms with E-state index >= 15 is 0 Å². The van der Waals surface area contributed by atoms with Gasteiger partial charge < -0.3 is 34.0 Å². The maximum absolute atomic E-state index is 12.9. The van der Waals surface area contributed by atoms with Crippen molar-refractivity contribution in [2.45, 2.75) is 232 Å². The number of hydrogen-bond acceptors (Lipinski definition) is 55. The second-order valence-electron chi connectivity index (χ2n) is 19.9. The van der Waals surface area contributed by atoms with Crippen molar-refractivity contribution in [1.29, 1.82) is 0 Å². The molecule has 0 aromatic carbocycles. The van der Waals surface area contributed by atoms with Crippen LogP contribution >= 0.6 is 7.82 Å². The van der Waals surface area contributed by atoms with E-state index in [2.05, 4.69) is 245 Å². The highest BCUT2D eigenvalue weighted by atomic mass is 31.2. The fourth-order valence-corrected chi connectivity index (χ4v) is 8.17. The normalized spacial score (nSPS) is 12.4. The van der Waals surface area contributed by atoms with Gasteiger partial charge in [0.05, 0.1) is 13.2 Å². The average Bonchev–Trinajstić information content (AvgIpc) is 0.925. The van der Waals surface area contributed by atoms with Crippen molar-refractivity contribution in [1.82, 2.24) is 5.32 Å². The van der Waals surface area contributed by atoms with Gasteiger partial charge in [-0.25, -0.2) is 14.2 Å². The maximum atomic E-state index is 12.9. The fraction of sp³-hybridized carbons (Fsp3) is 0.878. The number of amides is 1. The van der Waals surface area contributed by atoms with Crippen LogP contribution in [-0.4, -0.2) is 81.0 Å². The van der Waals surface area contributed by atoms with E-state index in [1.165, 1.54) is 142 Å². The molecule has 634 valence electrons. The number of phosphoric ester groups is 1. The number of esters is 2. The summed E-state index contributed by atoms with van der Waals surface area (Å²) in [5.41, 5.74) is 0. The number of ether oxygens (including phenoxy) is 4. The van der Waals surface area contributed by atoms with Crippen LogP contribution in [0.4, 0.5) is 4.79 Å². The Balaban J connectivity index is 3.85. The van der Waals surface area contributed by atoms with Crippen molar-refractivity contribution >= 4 is 31.6 Å². The van der Waals surface area contributed by atoms with Crippen LogP contribution in [0.2, 0.25) is 0 Å². The number of carbonyl (C=O) groups is 4. The SMILES string of the molecule is CCCCCCCCCCCCCCCCCC(=O)OC[C@H](COP(=O)(O)OCCNC(=O)OCCOOOOOOOOOOOOOOOOOOOOOOOOOOOOOOOOOOOOOOOOOOOO/C=C\OCC(C)=O)OC(=O)CCCCCCCCCCCCCCCCC. The summed E-state index contributed by atoms with van der Waals surface area (Å²) < 4.78 is 43.1. The Morgan fingerprint density at radius 2 is 0.636 bits per heavy atom. The Kier molecular flexibility index (Phi) is 83.6. The lowest BCUT2D eigenvalue weighted by Gasteiger charge is -2.20. The van der Waals surface area contributed by atoms with Gasteiger partial charge in [0.25, 0.3) is 0 Å². The van der Waals surface area contributed by atoms with Crippen molar-refractivity contribution in [3.8, 4) is 0 Å². The van der Waals surface area contributed by atoms with E-state index < -0.39 is 65.0 Å². The Morgan fingerprint density at radius 1 is 0.336 bits per heavy atom. The van der Waals surface area contributed by atoms with Gasteiger partial charge >= 0.3 is 25.9 Å². The molecule has 0 saturated carbocycles. The van der Waals surface area contributed by atoms with Gasteiger partial charge in [-0.15, -0.1) is 0 Å². The highest BCUT2D eigenvalue weighted by Gasteiger charge is 2.26. The smallest absolute Gasteiger partial charge is 0.472 e. The van der Waals surface area contributed by atoms with E-state index in [0.717, 1.165) is 57.5 Å². The van der Waals surface area contributed by atoms with Gasteiger partial charge in [-0.1, -0.05) is 194 Å². The molecule has 0 aromatic rings. The summed E-state index contributed by atoms with van der Waals surface area (Å²) in [4.78, 5) is 67.0. The first kappa shape index (κ1) is 103. The van der Waals surface area contributed by atoms with Gasteiger partial charge in [-0.05, 0) is 60.1 Å². The minimum absolute atomic E-state index is 0.108. The summed E-state index contributed by atoms with van der Waals surface area (Å²) in [5.74, 6) is -1.31. The maximum Gasteiger partial charge on any atom is 0.472 e. The second kappa shape index (κ2) is 87.2. The van der Waals surface area contributed by atoms with Gasteiger partial charge in [0.2, 0.25) is 0 Å². The van der Waals surface area contributed by atoms with Gasteiger partial charge in [0.15, 0.2) is 18.1 Å². The van der Waals surface area contributed by atoms with Crippen LogP contribution in [-0.2, 0) is 268 Å². The first-order valence-electron chi connectivity index (χ1n) is 32.5. The largest absolute Gasteiger partial charge is 0.490 e. The Morgan fingerprint density at radius 3 is 0.963 bits per heavy atom. The highest BCUT2D eigenvalue weighted by Crippen LogP contribution is 2.43. The van der Waals surface area contributed by atoms with E-state index in [1.807, 2.05) is 0 Å². The molecule has 0 aliphatic carbocycles. The lowest BCUT2D eigenvalue weighted by Crippen LogP contribution is -2.30. The number of rotatable bonds is 92. The molecule has 1 unspecified atom stereocenters. The van der Waals surface area contributed by atoms with Gasteiger partial charge in [-0.3, -0.25) is 23.4 Å². The summed E-state index contributed by atoms with van der Waals surface area (Å²) in [7, 11) is -4.77. The monoisotopic (exact) mass is 1620 g/mol. The zero-order valence-electron chi connectivity index (χ0n) is 58.2. The minimum Gasteiger partial charge on any atom is -0.490 e. The fourth-order valence-electron chi connectivity index (χ4n) is 7.42.